The zero-order valence-corrected chi connectivity index (χ0v) is 11.7. The predicted octanol–water partition coefficient (Wildman–Crippen LogP) is 1.33. The van der Waals surface area contributed by atoms with Gasteiger partial charge in [-0.1, -0.05) is 0 Å². The van der Waals surface area contributed by atoms with Crippen molar-refractivity contribution < 1.29 is 0 Å². The second-order valence-corrected chi connectivity index (χ2v) is 5.54. The van der Waals surface area contributed by atoms with E-state index in [9.17, 15) is 0 Å². The Labute approximate surface area is 112 Å². The summed E-state index contributed by atoms with van der Waals surface area (Å²) >= 11 is 0. The number of aryl methyl sites for hydroxylation is 1. The molecule has 1 aliphatic carbocycles. The lowest BCUT2D eigenvalue weighted by atomic mass is 9.75. The molecule has 6 heteroatoms. The summed E-state index contributed by atoms with van der Waals surface area (Å²) < 4.78 is 1.96. The van der Waals surface area contributed by atoms with Crippen LogP contribution in [0.25, 0.3) is 5.65 Å². The number of nitrogens with one attached hydrogen (secondary N) is 1. The Kier molecular flexibility index (Phi) is 2.89. The average molecular weight is 260 g/mol. The van der Waals surface area contributed by atoms with Gasteiger partial charge in [-0.3, -0.25) is 4.40 Å². The summed E-state index contributed by atoms with van der Waals surface area (Å²) in [6.45, 7) is 2.84. The molecule has 6 nitrogen and oxygen atoms in total. The standard InChI is InChI=1S/C13H20N6/c1-10-16-17-12-11(14-7-8-19(10)12)15-9-13(18(2)3)5-4-6-13/h7-8H,4-6,9H2,1-3H3,(H,14,15). The first-order valence-corrected chi connectivity index (χ1v) is 6.70. The molecule has 0 bridgehead atoms. The summed E-state index contributed by atoms with van der Waals surface area (Å²) in [5.41, 5.74) is 1.07. The monoisotopic (exact) mass is 260 g/mol. The molecule has 0 amide bonds. The van der Waals surface area contributed by atoms with Crippen LogP contribution in [-0.4, -0.2) is 50.7 Å². The van der Waals surface area contributed by atoms with Gasteiger partial charge < -0.3 is 10.2 Å². The molecular formula is C13H20N6. The normalized spacial score (nSPS) is 17.7. The van der Waals surface area contributed by atoms with Gasteiger partial charge in [0.15, 0.2) is 5.82 Å². The van der Waals surface area contributed by atoms with E-state index in [1.807, 2.05) is 17.5 Å². The number of anilines is 1. The molecule has 2 aromatic heterocycles. The van der Waals surface area contributed by atoms with Crippen LogP contribution < -0.4 is 5.32 Å². The van der Waals surface area contributed by atoms with Gasteiger partial charge in [-0.15, -0.1) is 10.2 Å². The third kappa shape index (κ3) is 1.96. The molecule has 0 aromatic carbocycles. The Balaban J connectivity index is 1.82. The second-order valence-electron chi connectivity index (χ2n) is 5.54. The number of hydrogen-bond donors (Lipinski definition) is 1. The highest BCUT2D eigenvalue weighted by atomic mass is 15.3. The molecule has 1 fully saturated rings. The maximum Gasteiger partial charge on any atom is 0.203 e. The van der Waals surface area contributed by atoms with Gasteiger partial charge in [0.2, 0.25) is 5.65 Å². The smallest absolute Gasteiger partial charge is 0.203 e. The van der Waals surface area contributed by atoms with Crippen LogP contribution in [0.5, 0.6) is 0 Å². The molecular weight excluding hydrogens is 240 g/mol. The minimum absolute atomic E-state index is 0.267. The van der Waals surface area contributed by atoms with Crippen LogP contribution in [0.15, 0.2) is 12.4 Å². The largest absolute Gasteiger partial charge is 0.365 e. The predicted molar refractivity (Wildman–Crippen MR) is 74.3 cm³/mol. The number of nitrogens with zero attached hydrogens (tertiary/aromatic N) is 5. The van der Waals surface area contributed by atoms with Crippen molar-refractivity contribution >= 4 is 11.5 Å². The van der Waals surface area contributed by atoms with E-state index in [4.69, 9.17) is 0 Å². The molecule has 1 aliphatic rings. The molecule has 1 saturated carbocycles. The van der Waals surface area contributed by atoms with Crippen molar-refractivity contribution in [3.8, 4) is 0 Å². The molecule has 0 aliphatic heterocycles. The lowest BCUT2D eigenvalue weighted by Crippen LogP contribution is -2.54. The quantitative estimate of drug-likeness (QED) is 0.898. The van der Waals surface area contributed by atoms with E-state index in [-0.39, 0.29) is 5.54 Å². The van der Waals surface area contributed by atoms with Gasteiger partial charge >= 0.3 is 0 Å². The Hall–Kier alpha value is -1.69. The van der Waals surface area contributed by atoms with Crippen molar-refractivity contribution in [2.45, 2.75) is 31.7 Å². The first-order chi connectivity index (χ1) is 9.12. The van der Waals surface area contributed by atoms with Gasteiger partial charge in [0.25, 0.3) is 0 Å². The summed E-state index contributed by atoms with van der Waals surface area (Å²) in [6.07, 6.45) is 7.46. The van der Waals surface area contributed by atoms with Crippen molar-refractivity contribution in [2.24, 2.45) is 0 Å². The third-order valence-corrected chi connectivity index (χ3v) is 4.32. The first-order valence-electron chi connectivity index (χ1n) is 6.70. The molecule has 0 unspecified atom stereocenters. The molecule has 0 saturated heterocycles. The molecule has 102 valence electrons. The first kappa shape index (κ1) is 12.3. The molecule has 0 radical (unpaired) electrons. The Bertz CT molecular complexity index is 584. The highest BCUT2D eigenvalue weighted by Gasteiger charge is 2.38. The number of likely N-dealkylation sites (N-methyl/N-ethyl adjacent to an activating group) is 1. The Morgan fingerprint density at radius 2 is 2.16 bits per heavy atom. The minimum atomic E-state index is 0.267. The topological polar surface area (TPSA) is 58.4 Å². The zero-order valence-electron chi connectivity index (χ0n) is 11.7. The fourth-order valence-electron chi connectivity index (χ4n) is 2.68. The zero-order chi connectivity index (χ0) is 13.5. The lowest BCUT2D eigenvalue weighted by Gasteiger charge is -2.47. The van der Waals surface area contributed by atoms with Crippen molar-refractivity contribution in [1.82, 2.24) is 24.5 Å². The van der Waals surface area contributed by atoms with E-state index in [0.29, 0.717) is 0 Å². The highest BCUT2D eigenvalue weighted by Crippen LogP contribution is 2.36. The van der Waals surface area contributed by atoms with Gasteiger partial charge in [0.05, 0.1) is 0 Å². The summed E-state index contributed by atoms with van der Waals surface area (Å²) in [7, 11) is 4.30. The van der Waals surface area contributed by atoms with E-state index in [2.05, 4.69) is 39.5 Å². The SMILES string of the molecule is Cc1nnc2c(NCC3(N(C)C)CCC3)nccn12. The molecule has 0 atom stereocenters. The van der Waals surface area contributed by atoms with Crippen molar-refractivity contribution in [1.29, 1.82) is 0 Å². The number of fused-ring (bicyclic) bond motifs is 1. The lowest BCUT2D eigenvalue weighted by molar-refractivity contribution is 0.0738. The minimum Gasteiger partial charge on any atom is -0.365 e. The average Bonchev–Trinajstić information content (AvgIpc) is 2.70. The summed E-state index contributed by atoms with van der Waals surface area (Å²) in [6, 6.07) is 0. The molecule has 0 spiro atoms. The second kappa shape index (κ2) is 4.45. The van der Waals surface area contributed by atoms with E-state index < -0.39 is 0 Å². The van der Waals surface area contributed by atoms with E-state index >= 15 is 0 Å². The highest BCUT2D eigenvalue weighted by molar-refractivity contribution is 5.62. The summed E-state index contributed by atoms with van der Waals surface area (Å²) in [5, 5.41) is 11.7. The summed E-state index contributed by atoms with van der Waals surface area (Å²) in [4.78, 5) is 6.71. The van der Waals surface area contributed by atoms with E-state index in [1.54, 1.807) is 6.20 Å². The molecule has 2 aromatic rings. The van der Waals surface area contributed by atoms with Crippen LogP contribution in [0.2, 0.25) is 0 Å². The third-order valence-electron chi connectivity index (χ3n) is 4.32. The van der Waals surface area contributed by atoms with Crippen LogP contribution in [0.3, 0.4) is 0 Å². The van der Waals surface area contributed by atoms with Gasteiger partial charge in [-0.05, 0) is 40.3 Å². The van der Waals surface area contributed by atoms with Gasteiger partial charge in [0.1, 0.15) is 5.82 Å². The Morgan fingerprint density at radius 1 is 1.37 bits per heavy atom. The fraction of sp³-hybridized carbons (Fsp3) is 0.615. The maximum atomic E-state index is 4.39. The van der Waals surface area contributed by atoms with Crippen LogP contribution in [0, 0.1) is 6.92 Å². The van der Waals surface area contributed by atoms with E-state index in [1.165, 1.54) is 19.3 Å². The molecule has 2 heterocycles. The van der Waals surface area contributed by atoms with E-state index in [0.717, 1.165) is 23.8 Å². The molecule has 19 heavy (non-hydrogen) atoms. The van der Waals surface area contributed by atoms with Crippen LogP contribution >= 0.6 is 0 Å². The molecule has 3 rings (SSSR count). The van der Waals surface area contributed by atoms with Gasteiger partial charge in [-0.2, -0.15) is 0 Å². The van der Waals surface area contributed by atoms with Crippen molar-refractivity contribution in [2.75, 3.05) is 26.0 Å². The van der Waals surface area contributed by atoms with Crippen molar-refractivity contribution in [3.63, 3.8) is 0 Å². The maximum absolute atomic E-state index is 4.39. The van der Waals surface area contributed by atoms with Crippen LogP contribution in [0.4, 0.5) is 5.82 Å². The van der Waals surface area contributed by atoms with Crippen LogP contribution in [-0.2, 0) is 0 Å². The number of hydrogen-bond acceptors (Lipinski definition) is 5. The fourth-order valence-corrected chi connectivity index (χ4v) is 2.68. The number of rotatable bonds is 4. The number of aromatic nitrogens is 4. The molecule has 1 N–H and O–H groups in total. The van der Waals surface area contributed by atoms with Gasteiger partial charge in [-0.25, -0.2) is 4.98 Å². The van der Waals surface area contributed by atoms with Crippen molar-refractivity contribution in [3.05, 3.63) is 18.2 Å². The summed E-state index contributed by atoms with van der Waals surface area (Å²) in [5.74, 6) is 1.70. The van der Waals surface area contributed by atoms with Crippen LogP contribution in [0.1, 0.15) is 25.1 Å². The van der Waals surface area contributed by atoms with Gasteiger partial charge in [0, 0.05) is 24.5 Å². The Morgan fingerprint density at radius 3 is 2.79 bits per heavy atom.